The van der Waals surface area contributed by atoms with E-state index in [4.69, 9.17) is 0 Å². The van der Waals surface area contributed by atoms with Crippen LogP contribution in [0.3, 0.4) is 0 Å². The lowest BCUT2D eigenvalue weighted by atomic mass is 10.4. The Morgan fingerprint density at radius 2 is 0.958 bits per heavy atom. The molecule has 3 aromatic rings. The third-order valence-electron chi connectivity index (χ3n) is 3.05. The van der Waals surface area contributed by atoms with Crippen LogP contribution >= 0.6 is 0 Å². The van der Waals surface area contributed by atoms with E-state index < -0.39 is 29.7 Å². The van der Waals surface area contributed by atoms with Crippen LogP contribution in [0.5, 0.6) is 0 Å². The third-order valence-corrected chi connectivity index (χ3v) is 6.52. The lowest BCUT2D eigenvalue weighted by Crippen LogP contribution is -2.10. The van der Waals surface area contributed by atoms with Gasteiger partial charge >= 0.3 is 0 Å². The maximum Gasteiger partial charge on any atom is 0.243 e. The van der Waals surface area contributed by atoms with Crippen LogP contribution in [0, 0.1) is 0 Å². The van der Waals surface area contributed by atoms with Crippen LogP contribution in [0.25, 0.3) is 0 Å². The van der Waals surface area contributed by atoms with E-state index in [0.717, 1.165) is 0 Å². The van der Waals surface area contributed by atoms with Gasteiger partial charge in [0.15, 0.2) is 0 Å². The van der Waals surface area contributed by atoms with Gasteiger partial charge in [0.1, 0.15) is 0 Å². The second-order valence-electron chi connectivity index (χ2n) is 4.51. The van der Waals surface area contributed by atoms with E-state index in [9.17, 15) is 16.8 Å². The molecule has 0 spiro atoms. The molecule has 2 aromatic carbocycles. The van der Waals surface area contributed by atoms with Crippen LogP contribution in [0.1, 0.15) is 0 Å². The molecule has 0 saturated carbocycles. The Kier molecular flexibility index (Phi) is 4.83. The van der Waals surface area contributed by atoms with Gasteiger partial charge in [-0.05, 0) is 34.6 Å². The number of aromatic nitrogens is 2. The Labute approximate surface area is 138 Å². The first-order valence-corrected chi connectivity index (χ1v) is 9.33. The molecule has 0 amide bonds. The van der Waals surface area contributed by atoms with Crippen LogP contribution in [-0.2, 0) is 19.7 Å². The van der Waals surface area contributed by atoms with Gasteiger partial charge in [0, 0.05) is 0 Å². The van der Waals surface area contributed by atoms with Crippen molar-refractivity contribution in [2.75, 3.05) is 0 Å². The summed E-state index contributed by atoms with van der Waals surface area (Å²) in [6, 6.07) is 14.7. The van der Waals surface area contributed by atoms with Crippen LogP contribution in [0.2, 0.25) is 0 Å². The third kappa shape index (κ3) is 2.94. The summed E-state index contributed by atoms with van der Waals surface area (Å²) in [6.45, 7) is 0. The van der Waals surface area contributed by atoms with Crippen molar-refractivity contribution in [3.63, 3.8) is 0 Å². The minimum absolute atomic E-state index is 0. The van der Waals surface area contributed by atoms with Crippen molar-refractivity contribution in [3.05, 3.63) is 60.7 Å². The van der Waals surface area contributed by atoms with Gasteiger partial charge in [-0.25, -0.2) is 21.5 Å². The highest BCUT2D eigenvalue weighted by molar-refractivity contribution is 7.94. The van der Waals surface area contributed by atoms with Gasteiger partial charge in [0.2, 0.25) is 29.7 Å². The molecule has 0 fully saturated rings. The van der Waals surface area contributed by atoms with Crippen LogP contribution in [0.4, 0.5) is 0 Å². The monoisotopic (exact) mass is 367 g/mol. The van der Waals surface area contributed by atoms with Crippen molar-refractivity contribution in [2.45, 2.75) is 19.8 Å². The average Bonchev–Trinajstić information content (AvgIpc) is 3.08. The van der Waals surface area contributed by atoms with Crippen molar-refractivity contribution >= 4 is 19.7 Å². The molecule has 0 radical (unpaired) electrons. The molecule has 0 bridgehead atoms. The summed E-state index contributed by atoms with van der Waals surface area (Å²) in [5, 5.41) is 5.15. The minimum atomic E-state index is -4.16. The summed E-state index contributed by atoms with van der Waals surface area (Å²) >= 11 is 0. The maximum absolute atomic E-state index is 12.6. The number of sulfone groups is 2. The molecule has 8 nitrogen and oxygen atoms in total. The Balaban J connectivity index is 0.00000208. The Morgan fingerprint density at radius 3 is 1.29 bits per heavy atom. The van der Waals surface area contributed by atoms with Gasteiger partial charge in [-0.15, -0.1) is 0 Å². The highest BCUT2D eigenvalue weighted by Gasteiger charge is 2.35. The molecule has 126 valence electrons. The normalized spacial score (nSPS) is 11.7. The topological polar surface area (TPSA) is 142 Å². The predicted molar refractivity (Wildman–Crippen MR) is 83.1 cm³/mol. The predicted octanol–water partition coefficient (Wildman–Crippen LogP) is 1.90. The molecule has 3 N–H and O–H groups in total. The van der Waals surface area contributed by atoms with Gasteiger partial charge in [-0.1, -0.05) is 36.4 Å². The van der Waals surface area contributed by atoms with Crippen molar-refractivity contribution in [3.8, 4) is 0 Å². The quantitative estimate of drug-likeness (QED) is 0.736. The number of benzene rings is 2. The molecular formula is C14H13N3O5S2. The van der Waals surface area contributed by atoms with Crippen LogP contribution < -0.4 is 6.15 Å². The van der Waals surface area contributed by atoms with Crippen molar-refractivity contribution < 1.29 is 21.5 Å². The van der Waals surface area contributed by atoms with Crippen molar-refractivity contribution in [2.24, 2.45) is 0 Å². The van der Waals surface area contributed by atoms with E-state index in [2.05, 4.69) is 14.9 Å². The first-order chi connectivity index (χ1) is 10.9. The Morgan fingerprint density at radius 1 is 0.625 bits per heavy atom. The van der Waals surface area contributed by atoms with Crippen LogP contribution in [-0.4, -0.2) is 27.1 Å². The fourth-order valence-electron chi connectivity index (χ4n) is 1.92. The molecule has 1 heterocycles. The fourth-order valence-corrected chi connectivity index (χ4v) is 4.86. The van der Waals surface area contributed by atoms with Gasteiger partial charge in [0.25, 0.3) is 0 Å². The van der Waals surface area contributed by atoms with Crippen LogP contribution in [0.15, 0.2) is 85.1 Å². The largest absolute Gasteiger partial charge is 0.344 e. The highest BCUT2D eigenvalue weighted by Crippen LogP contribution is 2.28. The molecule has 24 heavy (non-hydrogen) atoms. The lowest BCUT2D eigenvalue weighted by Gasteiger charge is -2.03. The molecule has 0 aliphatic carbocycles. The first kappa shape index (κ1) is 17.8. The SMILES string of the molecule is N.O=S(=O)(c1ccccc1)c1nonc1S(=O)(=O)c1ccccc1. The summed E-state index contributed by atoms with van der Waals surface area (Å²) in [5.74, 6) is 0. The number of rotatable bonds is 4. The standard InChI is InChI=1S/C14H10N2O5S2.H3N/c17-22(18,11-7-3-1-4-8-11)13-14(16-21-15-13)23(19,20)12-9-5-2-6-10-12;/h1-10H;1H3. The minimum Gasteiger partial charge on any atom is -0.344 e. The summed E-state index contributed by atoms with van der Waals surface area (Å²) in [6.07, 6.45) is 0. The van der Waals surface area contributed by atoms with Crippen molar-refractivity contribution in [1.82, 2.24) is 16.5 Å². The molecule has 0 unspecified atom stereocenters. The zero-order chi connectivity index (χ0) is 16.5. The van der Waals surface area contributed by atoms with E-state index in [1.165, 1.54) is 48.5 Å². The molecule has 3 rings (SSSR count). The molecule has 0 atom stereocenters. The highest BCUT2D eigenvalue weighted by atomic mass is 32.2. The summed E-state index contributed by atoms with van der Waals surface area (Å²) in [5.41, 5.74) is 0. The first-order valence-electron chi connectivity index (χ1n) is 6.37. The van der Waals surface area contributed by atoms with Gasteiger partial charge in [-0.3, -0.25) is 0 Å². The average molecular weight is 367 g/mol. The van der Waals surface area contributed by atoms with E-state index >= 15 is 0 Å². The van der Waals surface area contributed by atoms with E-state index in [1.54, 1.807) is 12.1 Å². The Bertz CT molecular complexity index is 946. The molecule has 10 heteroatoms. The summed E-state index contributed by atoms with van der Waals surface area (Å²) in [7, 11) is -8.33. The van der Waals surface area contributed by atoms with E-state index in [-0.39, 0.29) is 15.9 Å². The second-order valence-corrected chi connectivity index (χ2v) is 8.24. The summed E-state index contributed by atoms with van der Waals surface area (Å²) in [4.78, 5) is -0.194. The van der Waals surface area contributed by atoms with Gasteiger partial charge < -0.3 is 6.15 Å². The van der Waals surface area contributed by atoms with Crippen molar-refractivity contribution in [1.29, 1.82) is 0 Å². The van der Waals surface area contributed by atoms with E-state index in [1.807, 2.05) is 0 Å². The zero-order valence-electron chi connectivity index (χ0n) is 12.2. The molecule has 0 aliphatic heterocycles. The number of hydrogen-bond acceptors (Lipinski definition) is 8. The molecule has 0 aliphatic rings. The number of hydrogen-bond donors (Lipinski definition) is 1. The second kappa shape index (κ2) is 6.51. The van der Waals surface area contributed by atoms with E-state index in [0.29, 0.717) is 0 Å². The Hall–Kier alpha value is -2.56. The lowest BCUT2D eigenvalue weighted by molar-refractivity contribution is 0.291. The smallest absolute Gasteiger partial charge is 0.243 e. The maximum atomic E-state index is 12.6. The molecule has 0 saturated heterocycles. The van der Waals surface area contributed by atoms with Gasteiger partial charge in [-0.2, -0.15) is 0 Å². The number of nitrogens with zero attached hydrogens (tertiary/aromatic N) is 2. The zero-order valence-corrected chi connectivity index (χ0v) is 13.9. The van der Waals surface area contributed by atoms with Gasteiger partial charge in [0.05, 0.1) is 9.79 Å². The summed E-state index contributed by atoms with van der Waals surface area (Å²) < 4.78 is 54.7. The molecular weight excluding hydrogens is 354 g/mol. The molecule has 1 aromatic heterocycles. The fraction of sp³-hybridized carbons (Fsp3) is 0.